The van der Waals surface area contributed by atoms with Gasteiger partial charge in [-0.25, -0.2) is 0 Å². The quantitative estimate of drug-likeness (QED) is 0.755. The minimum atomic E-state index is 0.765. The first-order chi connectivity index (χ1) is 6.27. The number of nitrogens with zero attached hydrogens (tertiary/aromatic N) is 2. The fourth-order valence-electron chi connectivity index (χ4n) is 1.46. The van der Waals surface area contributed by atoms with Crippen molar-refractivity contribution in [3.05, 3.63) is 24.0 Å². The molecule has 0 aromatic carbocycles. The largest absolute Gasteiger partial charge is 0.397 e. The molecule has 1 aliphatic carbocycles. The molecule has 13 heavy (non-hydrogen) atoms. The van der Waals surface area contributed by atoms with E-state index in [9.17, 15) is 0 Å². The standard InChI is InChI=1S/C10H15N3/c1-13(8-4-5-8)7-10-9(11)3-2-6-12-10/h2-3,6,8H,4-5,7,11H2,1H3. The molecule has 1 aromatic rings. The van der Waals surface area contributed by atoms with Gasteiger partial charge in [0.05, 0.1) is 11.4 Å². The zero-order valence-electron chi connectivity index (χ0n) is 7.90. The summed E-state index contributed by atoms with van der Waals surface area (Å²) in [5, 5.41) is 0. The molecule has 1 fully saturated rings. The third-order valence-electron chi connectivity index (χ3n) is 2.49. The van der Waals surface area contributed by atoms with Crippen LogP contribution in [0.2, 0.25) is 0 Å². The van der Waals surface area contributed by atoms with Crippen LogP contribution in [0.3, 0.4) is 0 Å². The molecule has 1 saturated carbocycles. The van der Waals surface area contributed by atoms with E-state index in [1.165, 1.54) is 12.8 Å². The van der Waals surface area contributed by atoms with Crippen molar-refractivity contribution in [3.8, 4) is 0 Å². The number of anilines is 1. The van der Waals surface area contributed by atoms with Gasteiger partial charge in [-0.3, -0.25) is 9.88 Å². The number of hydrogen-bond acceptors (Lipinski definition) is 3. The number of rotatable bonds is 3. The second kappa shape index (κ2) is 3.34. The molecule has 3 heteroatoms. The predicted octanol–water partition coefficient (Wildman–Crippen LogP) is 1.26. The van der Waals surface area contributed by atoms with Crippen molar-refractivity contribution in [3.63, 3.8) is 0 Å². The van der Waals surface area contributed by atoms with E-state index >= 15 is 0 Å². The minimum Gasteiger partial charge on any atom is -0.397 e. The molecule has 0 saturated heterocycles. The molecule has 2 N–H and O–H groups in total. The Morgan fingerprint density at radius 3 is 3.00 bits per heavy atom. The highest BCUT2D eigenvalue weighted by Crippen LogP contribution is 2.26. The first kappa shape index (κ1) is 8.51. The van der Waals surface area contributed by atoms with Crippen LogP contribution in [0, 0.1) is 0 Å². The Morgan fingerprint density at radius 2 is 2.38 bits per heavy atom. The zero-order valence-corrected chi connectivity index (χ0v) is 7.90. The van der Waals surface area contributed by atoms with Gasteiger partial charge in [0.2, 0.25) is 0 Å². The maximum absolute atomic E-state index is 5.80. The molecule has 0 amide bonds. The smallest absolute Gasteiger partial charge is 0.0772 e. The average Bonchev–Trinajstić information content (AvgIpc) is 2.91. The van der Waals surface area contributed by atoms with Crippen LogP contribution in [0.4, 0.5) is 5.69 Å². The molecule has 1 aromatic heterocycles. The Morgan fingerprint density at radius 1 is 1.62 bits per heavy atom. The van der Waals surface area contributed by atoms with Gasteiger partial charge < -0.3 is 5.73 Å². The first-order valence-electron chi connectivity index (χ1n) is 4.67. The summed E-state index contributed by atoms with van der Waals surface area (Å²) in [5.41, 5.74) is 7.60. The molecule has 2 rings (SSSR count). The maximum Gasteiger partial charge on any atom is 0.0772 e. The summed E-state index contributed by atoms with van der Waals surface area (Å²) in [7, 11) is 2.13. The van der Waals surface area contributed by atoms with Crippen LogP contribution in [-0.4, -0.2) is 23.0 Å². The fraction of sp³-hybridized carbons (Fsp3) is 0.500. The highest BCUT2D eigenvalue weighted by Gasteiger charge is 2.26. The van der Waals surface area contributed by atoms with Gasteiger partial charge in [-0.1, -0.05) is 0 Å². The topological polar surface area (TPSA) is 42.2 Å². The summed E-state index contributed by atoms with van der Waals surface area (Å²) in [6.07, 6.45) is 4.44. The van der Waals surface area contributed by atoms with Crippen molar-refractivity contribution in [2.75, 3.05) is 12.8 Å². The molecule has 0 spiro atoms. The van der Waals surface area contributed by atoms with Crippen molar-refractivity contribution in [1.82, 2.24) is 9.88 Å². The Balaban J connectivity index is 2.03. The summed E-state index contributed by atoms with van der Waals surface area (Å²) in [5.74, 6) is 0. The summed E-state index contributed by atoms with van der Waals surface area (Å²) in [4.78, 5) is 6.58. The second-order valence-electron chi connectivity index (χ2n) is 3.69. The van der Waals surface area contributed by atoms with E-state index in [0.29, 0.717) is 0 Å². The van der Waals surface area contributed by atoms with Gasteiger partial charge in [0.25, 0.3) is 0 Å². The van der Waals surface area contributed by atoms with Crippen LogP contribution >= 0.6 is 0 Å². The van der Waals surface area contributed by atoms with E-state index in [0.717, 1.165) is 24.0 Å². The normalized spacial score (nSPS) is 16.5. The molecule has 1 heterocycles. The molecule has 3 nitrogen and oxygen atoms in total. The Labute approximate surface area is 78.6 Å². The molecule has 0 unspecified atom stereocenters. The number of aromatic nitrogens is 1. The molecular weight excluding hydrogens is 162 g/mol. The third-order valence-corrected chi connectivity index (χ3v) is 2.49. The van der Waals surface area contributed by atoms with Crippen molar-refractivity contribution in [2.24, 2.45) is 0 Å². The van der Waals surface area contributed by atoms with Crippen molar-refractivity contribution < 1.29 is 0 Å². The summed E-state index contributed by atoms with van der Waals surface area (Å²) < 4.78 is 0. The zero-order chi connectivity index (χ0) is 9.26. The summed E-state index contributed by atoms with van der Waals surface area (Å²) in [6, 6.07) is 4.54. The van der Waals surface area contributed by atoms with Gasteiger partial charge in [-0.2, -0.15) is 0 Å². The van der Waals surface area contributed by atoms with Gasteiger partial charge >= 0.3 is 0 Å². The summed E-state index contributed by atoms with van der Waals surface area (Å²) >= 11 is 0. The maximum atomic E-state index is 5.80. The molecule has 0 radical (unpaired) electrons. The van der Waals surface area contributed by atoms with E-state index in [1.54, 1.807) is 6.20 Å². The lowest BCUT2D eigenvalue weighted by atomic mass is 10.3. The van der Waals surface area contributed by atoms with Gasteiger partial charge in [0.1, 0.15) is 0 Å². The van der Waals surface area contributed by atoms with E-state index in [-0.39, 0.29) is 0 Å². The Bertz CT molecular complexity index is 294. The van der Waals surface area contributed by atoms with Crippen LogP contribution in [0.5, 0.6) is 0 Å². The summed E-state index contributed by atoms with van der Waals surface area (Å²) in [6.45, 7) is 0.872. The number of hydrogen-bond donors (Lipinski definition) is 1. The van der Waals surface area contributed by atoms with Crippen LogP contribution < -0.4 is 5.73 Å². The van der Waals surface area contributed by atoms with Gasteiger partial charge in [-0.05, 0) is 32.0 Å². The van der Waals surface area contributed by atoms with Gasteiger partial charge in [0.15, 0.2) is 0 Å². The van der Waals surface area contributed by atoms with Crippen LogP contribution in [0.1, 0.15) is 18.5 Å². The fourth-order valence-corrected chi connectivity index (χ4v) is 1.46. The van der Waals surface area contributed by atoms with E-state index in [4.69, 9.17) is 5.73 Å². The molecule has 1 aliphatic rings. The lowest BCUT2D eigenvalue weighted by Gasteiger charge is -2.15. The molecule has 0 atom stereocenters. The monoisotopic (exact) mass is 177 g/mol. The lowest BCUT2D eigenvalue weighted by Crippen LogP contribution is -2.21. The highest BCUT2D eigenvalue weighted by atomic mass is 15.2. The first-order valence-corrected chi connectivity index (χ1v) is 4.67. The van der Waals surface area contributed by atoms with Crippen LogP contribution in [-0.2, 0) is 6.54 Å². The lowest BCUT2D eigenvalue weighted by molar-refractivity contribution is 0.313. The predicted molar refractivity (Wildman–Crippen MR) is 53.1 cm³/mol. The van der Waals surface area contributed by atoms with Crippen LogP contribution in [0.15, 0.2) is 18.3 Å². The van der Waals surface area contributed by atoms with E-state index in [2.05, 4.69) is 16.9 Å². The van der Waals surface area contributed by atoms with Crippen molar-refractivity contribution in [2.45, 2.75) is 25.4 Å². The molecule has 70 valence electrons. The highest BCUT2D eigenvalue weighted by molar-refractivity contribution is 5.41. The van der Waals surface area contributed by atoms with E-state index in [1.807, 2.05) is 12.1 Å². The molecule has 0 bridgehead atoms. The van der Waals surface area contributed by atoms with E-state index < -0.39 is 0 Å². The van der Waals surface area contributed by atoms with Crippen molar-refractivity contribution in [1.29, 1.82) is 0 Å². The number of nitrogens with two attached hydrogens (primary N) is 1. The average molecular weight is 177 g/mol. The molecule has 0 aliphatic heterocycles. The number of nitrogen functional groups attached to an aromatic ring is 1. The third kappa shape index (κ3) is 1.98. The minimum absolute atomic E-state index is 0.765. The van der Waals surface area contributed by atoms with Gasteiger partial charge in [0, 0.05) is 18.8 Å². The SMILES string of the molecule is CN(Cc1ncccc1N)C1CC1. The second-order valence-corrected chi connectivity index (χ2v) is 3.69. The number of pyridine rings is 1. The van der Waals surface area contributed by atoms with Crippen molar-refractivity contribution >= 4 is 5.69 Å². The Kier molecular flexibility index (Phi) is 2.19. The van der Waals surface area contributed by atoms with Gasteiger partial charge in [-0.15, -0.1) is 0 Å². The van der Waals surface area contributed by atoms with Crippen LogP contribution in [0.25, 0.3) is 0 Å². The Hall–Kier alpha value is -1.09. The molecular formula is C10H15N3.